The van der Waals surface area contributed by atoms with Crippen LogP contribution in [-0.4, -0.2) is 66.8 Å². The van der Waals surface area contributed by atoms with E-state index in [1.54, 1.807) is 0 Å². The van der Waals surface area contributed by atoms with Crippen molar-refractivity contribution in [2.75, 3.05) is 39.3 Å². The zero-order chi connectivity index (χ0) is 13.9. The Balaban J connectivity index is 1.95. The highest BCUT2D eigenvalue weighted by molar-refractivity contribution is 4.97. The van der Waals surface area contributed by atoms with Crippen LogP contribution in [0.5, 0.6) is 0 Å². The fourth-order valence-corrected chi connectivity index (χ4v) is 3.64. The van der Waals surface area contributed by atoms with E-state index in [-0.39, 0.29) is 5.54 Å². The first-order chi connectivity index (χ1) is 9.11. The second-order valence-electron chi connectivity index (χ2n) is 6.34. The van der Waals surface area contributed by atoms with E-state index in [0.29, 0.717) is 12.1 Å². The quantitative estimate of drug-likeness (QED) is 0.835. The zero-order valence-corrected chi connectivity index (χ0v) is 12.9. The van der Waals surface area contributed by atoms with Crippen molar-refractivity contribution in [1.29, 1.82) is 0 Å². The Kier molecular flexibility index (Phi) is 5.23. The lowest BCUT2D eigenvalue weighted by Gasteiger charge is -2.51. The molecule has 4 nitrogen and oxygen atoms in total. The first-order valence-corrected chi connectivity index (χ1v) is 7.92. The zero-order valence-electron chi connectivity index (χ0n) is 12.9. The van der Waals surface area contributed by atoms with Gasteiger partial charge in [-0.2, -0.15) is 0 Å². The molecule has 0 radical (unpaired) electrons. The van der Waals surface area contributed by atoms with Crippen LogP contribution in [0, 0.1) is 0 Å². The Morgan fingerprint density at radius 1 is 1.32 bits per heavy atom. The summed E-state index contributed by atoms with van der Waals surface area (Å²) < 4.78 is 5.71. The molecule has 0 spiro atoms. The van der Waals surface area contributed by atoms with Crippen molar-refractivity contribution in [3.63, 3.8) is 0 Å². The van der Waals surface area contributed by atoms with Crippen LogP contribution in [0.15, 0.2) is 0 Å². The first kappa shape index (κ1) is 15.2. The number of rotatable bonds is 4. The van der Waals surface area contributed by atoms with Crippen molar-refractivity contribution in [1.82, 2.24) is 9.80 Å². The molecule has 19 heavy (non-hydrogen) atoms. The van der Waals surface area contributed by atoms with Gasteiger partial charge >= 0.3 is 0 Å². The van der Waals surface area contributed by atoms with Crippen molar-refractivity contribution in [2.24, 2.45) is 5.73 Å². The molecule has 0 aromatic carbocycles. The van der Waals surface area contributed by atoms with E-state index in [0.717, 1.165) is 39.1 Å². The highest BCUT2D eigenvalue weighted by Crippen LogP contribution is 2.31. The maximum Gasteiger partial charge on any atom is 0.0565 e. The monoisotopic (exact) mass is 269 g/mol. The lowest BCUT2D eigenvalue weighted by Crippen LogP contribution is -2.63. The average molecular weight is 269 g/mol. The van der Waals surface area contributed by atoms with Gasteiger partial charge < -0.3 is 10.5 Å². The Morgan fingerprint density at radius 2 is 2.00 bits per heavy atom. The molecule has 2 aliphatic heterocycles. The molecule has 0 amide bonds. The summed E-state index contributed by atoms with van der Waals surface area (Å²) >= 11 is 0. The first-order valence-electron chi connectivity index (χ1n) is 7.92. The molecule has 0 aliphatic carbocycles. The molecule has 0 aromatic rings. The Labute approximate surface area is 118 Å². The summed E-state index contributed by atoms with van der Waals surface area (Å²) in [6.45, 7) is 13.1. The summed E-state index contributed by atoms with van der Waals surface area (Å²) in [5, 5.41) is 0. The van der Waals surface area contributed by atoms with Crippen LogP contribution < -0.4 is 5.73 Å². The van der Waals surface area contributed by atoms with Crippen LogP contribution in [0.4, 0.5) is 0 Å². The van der Waals surface area contributed by atoms with Gasteiger partial charge in [0.1, 0.15) is 0 Å². The van der Waals surface area contributed by atoms with Gasteiger partial charge in [0.05, 0.1) is 6.10 Å². The molecule has 0 aromatic heterocycles. The highest BCUT2D eigenvalue weighted by Gasteiger charge is 2.40. The number of hydrogen-bond donors (Lipinski definition) is 1. The van der Waals surface area contributed by atoms with Gasteiger partial charge in [0.15, 0.2) is 0 Å². The van der Waals surface area contributed by atoms with E-state index in [2.05, 4.69) is 30.6 Å². The predicted octanol–water partition coefficient (Wildman–Crippen LogP) is 1.30. The average Bonchev–Trinajstić information content (AvgIpc) is 2.46. The fourth-order valence-electron chi connectivity index (χ4n) is 3.64. The third-order valence-corrected chi connectivity index (χ3v) is 5.22. The van der Waals surface area contributed by atoms with Crippen LogP contribution in [0.3, 0.4) is 0 Å². The molecule has 2 N–H and O–H groups in total. The summed E-state index contributed by atoms with van der Waals surface area (Å²) in [5.74, 6) is 0. The van der Waals surface area contributed by atoms with E-state index >= 15 is 0 Å². The Morgan fingerprint density at radius 3 is 2.53 bits per heavy atom. The van der Waals surface area contributed by atoms with Gasteiger partial charge in [-0.15, -0.1) is 0 Å². The van der Waals surface area contributed by atoms with E-state index < -0.39 is 0 Å². The number of ether oxygens (including phenoxy) is 1. The van der Waals surface area contributed by atoms with Crippen molar-refractivity contribution in [2.45, 2.75) is 57.7 Å². The minimum absolute atomic E-state index is 0.194. The van der Waals surface area contributed by atoms with Gasteiger partial charge in [-0.25, -0.2) is 0 Å². The van der Waals surface area contributed by atoms with E-state index in [1.807, 2.05) is 0 Å². The number of nitrogens with zero attached hydrogens (tertiary/aromatic N) is 2. The van der Waals surface area contributed by atoms with Crippen LogP contribution in [0.1, 0.15) is 40.0 Å². The van der Waals surface area contributed by atoms with E-state index in [1.165, 1.54) is 19.5 Å². The smallest absolute Gasteiger partial charge is 0.0565 e. The molecule has 2 rings (SSSR count). The van der Waals surface area contributed by atoms with Crippen LogP contribution >= 0.6 is 0 Å². The molecule has 4 heteroatoms. The van der Waals surface area contributed by atoms with Crippen LogP contribution in [0.2, 0.25) is 0 Å². The molecule has 2 fully saturated rings. The van der Waals surface area contributed by atoms with Crippen LogP contribution in [-0.2, 0) is 4.74 Å². The lowest BCUT2D eigenvalue weighted by atomic mass is 9.84. The Hall–Kier alpha value is -0.160. The number of nitrogens with two attached hydrogens (primary N) is 1. The van der Waals surface area contributed by atoms with Crippen molar-refractivity contribution < 1.29 is 4.74 Å². The largest absolute Gasteiger partial charge is 0.378 e. The summed E-state index contributed by atoms with van der Waals surface area (Å²) in [5.41, 5.74) is 6.33. The molecular formula is C15H31N3O. The summed E-state index contributed by atoms with van der Waals surface area (Å²) in [4.78, 5) is 5.26. The van der Waals surface area contributed by atoms with Gasteiger partial charge in [-0.3, -0.25) is 9.80 Å². The normalized spacial score (nSPS) is 36.3. The molecule has 2 heterocycles. The lowest BCUT2D eigenvalue weighted by molar-refractivity contribution is -0.0777. The highest BCUT2D eigenvalue weighted by atomic mass is 16.5. The summed E-state index contributed by atoms with van der Waals surface area (Å²) in [7, 11) is 0. The van der Waals surface area contributed by atoms with E-state index in [4.69, 9.17) is 10.5 Å². The van der Waals surface area contributed by atoms with E-state index in [9.17, 15) is 0 Å². The third kappa shape index (κ3) is 3.30. The van der Waals surface area contributed by atoms with Crippen molar-refractivity contribution >= 4 is 0 Å². The molecule has 0 saturated carbocycles. The number of hydrogen-bond acceptors (Lipinski definition) is 4. The van der Waals surface area contributed by atoms with Gasteiger partial charge in [0.25, 0.3) is 0 Å². The number of piperazine rings is 1. The molecular weight excluding hydrogens is 238 g/mol. The van der Waals surface area contributed by atoms with Crippen molar-refractivity contribution in [3.8, 4) is 0 Å². The molecule has 0 bridgehead atoms. The second kappa shape index (κ2) is 6.53. The topological polar surface area (TPSA) is 41.7 Å². The third-order valence-electron chi connectivity index (χ3n) is 5.22. The van der Waals surface area contributed by atoms with Gasteiger partial charge in [0, 0.05) is 50.9 Å². The molecule has 112 valence electrons. The Bertz CT molecular complexity index is 279. The van der Waals surface area contributed by atoms with Crippen molar-refractivity contribution in [3.05, 3.63) is 0 Å². The van der Waals surface area contributed by atoms with Gasteiger partial charge in [0.2, 0.25) is 0 Å². The SMILES string of the molecule is CCC(C)N1CCN(C2(CN)CCOC(C)C2)CC1. The molecule has 3 unspecified atom stereocenters. The molecule has 3 atom stereocenters. The standard InChI is InChI=1S/C15H31N3O/c1-4-13(2)17-6-8-18(9-7-17)15(12-16)5-10-19-14(3)11-15/h13-14H,4-12,16H2,1-3H3. The summed E-state index contributed by atoms with van der Waals surface area (Å²) in [6.07, 6.45) is 3.78. The fraction of sp³-hybridized carbons (Fsp3) is 1.00. The van der Waals surface area contributed by atoms with Gasteiger partial charge in [-0.05, 0) is 33.1 Å². The summed E-state index contributed by atoms with van der Waals surface area (Å²) in [6, 6.07) is 0.713. The maximum absolute atomic E-state index is 6.14. The van der Waals surface area contributed by atoms with Gasteiger partial charge in [-0.1, -0.05) is 6.92 Å². The molecule has 2 aliphatic rings. The van der Waals surface area contributed by atoms with Crippen LogP contribution in [0.25, 0.3) is 0 Å². The molecule has 2 saturated heterocycles. The minimum Gasteiger partial charge on any atom is -0.378 e. The maximum atomic E-state index is 6.14. The minimum atomic E-state index is 0.194. The second-order valence-corrected chi connectivity index (χ2v) is 6.34. The predicted molar refractivity (Wildman–Crippen MR) is 79.3 cm³/mol.